The van der Waals surface area contributed by atoms with Crippen LogP contribution in [0, 0.1) is 0 Å². The summed E-state index contributed by atoms with van der Waals surface area (Å²) < 4.78 is 0. The Kier molecular flexibility index (Phi) is 20.2. The summed E-state index contributed by atoms with van der Waals surface area (Å²) in [6.45, 7) is 0. The van der Waals surface area contributed by atoms with E-state index >= 15 is 0 Å². The van der Waals surface area contributed by atoms with Gasteiger partial charge in [-0.3, -0.25) is 0 Å². The van der Waals surface area contributed by atoms with Crippen LogP contribution < -0.4 is 0 Å². The summed E-state index contributed by atoms with van der Waals surface area (Å²) in [5, 5.41) is 0. The summed E-state index contributed by atoms with van der Waals surface area (Å²) in [7, 11) is 2.52. The van der Waals surface area contributed by atoms with E-state index in [0.29, 0.717) is 0 Å². The third kappa shape index (κ3) is 13.1. The molecule has 0 saturated heterocycles. The van der Waals surface area contributed by atoms with Crippen molar-refractivity contribution in [3.05, 3.63) is 0 Å². The molecule has 0 fully saturated rings. The molecule has 1 nitrogen and oxygen atoms in total. The van der Waals surface area contributed by atoms with E-state index in [-0.39, 0.29) is 5.48 Å². The SMILES string of the molecule is O.[CH3][Ni][PH2]. The quantitative estimate of drug-likeness (QED) is 0.324. The second kappa shape index (κ2) is 9.10. The van der Waals surface area contributed by atoms with E-state index in [0.717, 1.165) is 0 Å². The average molecular weight is 125 g/mol. The van der Waals surface area contributed by atoms with Crippen molar-refractivity contribution in [3.63, 3.8) is 0 Å². The Morgan fingerprint density at radius 2 is 1.75 bits per heavy atom. The normalized spacial score (nSPS) is 5.50. The molecule has 32 valence electrons. The number of hydrogen-bond donors (Lipinski definition) is 0. The second-order valence-electron chi connectivity index (χ2n) is 0.183. The summed E-state index contributed by atoms with van der Waals surface area (Å²) in [5.74, 6) is 2.03. The van der Waals surface area contributed by atoms with Gasteiger partial charge in [-0.2, -0.15) is 0 Å². The summed E-state index contributed by atoms with van der Waals surface area (Å²) in [6, 6.07) is 0. The van der Waals surface area contributed by atoms with Crippen molar-refractivity contribution in [1.29, 1.82) is 0 Å². The Morgan fingerprint density at radius 1 is 1.75 bits per heavy atom. The van der Waals surface area contributed by atoms with Crippen molar-refractivity contribution in [2.75, 3.05) is 0 Å². The molecular weight excluding hydrogens is 118 g/mol. The molecular formula is CH7NiOP. The maximum atomic E-state index is 2.52. The summed E-state index contributed by atoms with van der Waals surface area (Å²) >= 11 is 1.54. The molecule has 0 heterocycles. The van der Waals surface area contributed by atoms with Gasteiger partial charge in [0.15, 0.2) is 0 Å². The molecule has 0 aliphatic heterocycles. The summed E-state index contributed by atoms with van der Waals surface area (Å²) in [6.07, 6.45) is 0. The van der Waals surface area contributed by atoms with Gasteiger partial charge >= 0.3 is 27.9 Å². The molecule has 0 amide bonds. The van der Waals surface area contributed by atoms with E-state index in [9.17, 15) is 0 Å². The van der Waals surface area contributed by atoms with E-state index in [1.54, 1.807) is 14.0 Å². The zero-order chi connectivity index (χ0) is 2.71. The third-order valence-electron chi connectivity index (χ3n) is 0. The average Bonchev–Trinajstić information content (AvgIpc) is 0.918. The van der Waals surface area contributed by atoms with Gasteiger partial charge in [-0.1, -0.05) is 0 Å². The molecule has 0 bridgehead atoms. The van der Waals surface area contributed by atoms with E-state index in [1.165, 1.54) is 0 Å². The molecule has 0 saturated carbocycles. The molecule has 0 spiro atoms. The van der Waals surface area contributed by atoms with Gasteiger partial charge in [0.25, 0.3) is 0 Å². The Bertz CT molecular complexity index is 8.00. The first-order valence-electron chi connectivity index (χ1n) is 0.499. The molecule has 0 aromatic rings. The minimum absolute atomic E-state index is 0. The first-order chi connectivity index (χ1) is 1.41. The van der Waals surface area contributed by atoms with Gasteiger partial charge in [-0.05, 0) is 0 Å². The van der Waals surface area contributed by atoms with Crippen LogP contribution in [0.15, 0.2) is 0 Å². The molecule has 0 rings (SSSR count). The Morgan fingerprint density at radius 3 is 1.75 bits per heavy atom. The Balaban J connectivity index is 0. The molecule has 1 atom stereocenters. The van der Waals surface area contributed by atoms with Crippen LogP contribution in [0.1, 0.15) is 0 Å². The Labute approximate surface area is 34.1 Å². The minimum atomic E-state index is 0. The molecule has 0 aliphatic rings. The van der Waals surface area contributed by atoms with Crippen LogP contribution in [0.2, 0.25) is 5.89 Å². The first-order valence-corrected chi connectivity index (χ1v) is 3.56. The van der Waals surface area contributed by atoms with Crippen LogP contribution in [0.25, 0.3) is 0 Å². The molecule has 1 unspecified atom stereocenters. The van der Waals surface area contributed by atoms with Crippen LogP contribution >= 0.6 is 8.01 Å². The van der Waals surface area contributed by atoms with Crippen molar-refractivity contribution >= 4 is 8.01 Å². The van der Waals surface area contributed by atoms with Crippen LogP contribution in [-0.4, -0.2) is 5.48 Å². The van der Waals surface area contributed by atoms with Crippen molar-refractivity contribution in [2.45, 2.75) is 5.89 Å². The molecule has 4 heavy (non-hydrogen) atoms. The zero-order valence-electron chi connectivity index (χ0n) is 2.39. The number of rotatable bonds is 0. The van der Waals surface area contributed by atoms with Crippen LogP contribution in [0.3, 0.4) is 0 Å². The van der Waals surface area contributed by atoms with Crippen molar-refractivity contribution in [2.24, 2.45) is 0 Å². The van der Waals surface area contributed by atoms with Gasteiger partial charge in [0.2, 0.25) is 0 Å². The van der Waals surface area contributed by atoms with Gasteiger partial charge in [-0.15, -0.1) is 0 Å². The predicted octanol–water partition coefficient (Wildman–Crippen LogP) is 0.0824. The van der Waals surface area contributed by atoms with Gasteiger partial charge in [-0.25, -0.2) is 0 Å². The third-order valence-corrected chi connectivity index (χ3v) is 0. The van der Waals surface area contributed by atoms with E-state index < -0.39 is 0 Å². The molecule has 0 radical (unpaired) electrons. The predicted molar refractivity (Wildman–Crippen MR) is 19.2 cm³/mol. The molecule has 0 aromatic heterocycles. The van der Waals surface area contributed by atoms with Gasteiger partial charge in [0.1, 0.15) is 0 Å². The fourth-order valence-electron chi connectivity index (χ4n) is 0. The van der Waals surface area contributed by atoms with E-state index in [1.807, 2.05) is 5.89 Å². The van der Waals surface area contributed by atoms with Crippen molar-refractivity contribution in [1.82, 2.24) is 0 Å². The van der Waals surface area contributed by atoms with E-state index in [2.05, 4.69) is 8.01 Å². The summed E-state index contributed by atoms with van der Waals surface area (Å²) in [4.78, 5) is 0. The second-order valence-corrected chi connectivity index (χ2v) is 2.26. The molecule has 2 N–H and O–H groups in total. The molecule has 0 aromatic carbocycles. The Hall–Kier alpha value is 0.884. The summed E-state index contributed by atoms with van der Waals surface area (Å²) in [5.41, 5.74) is 0. The van der Waals surface area contributed by atoms with Crippen molar-refractivity contribution in [3.8, 4) is 0 Å². The first kappa shape index (κ1) is 8.86. The molecule has 3 heteroatoms. The van der Waals surface area contributed by atoms with Crippen LogP contribution in [0.4, 0.5) is 0 Å². The number of hydrogen-bond acceptors (Lipinski definition) is 0. The zero-order valence-corrected chi connectivity index (χ0v) is 4.54. The van der Waals surface area contributed by atoms with Crippen LogP contribution in [-0.2, 0) is 14.0 Å². The monoisotopic (exact) mass is 124 g/mol. The van der Waals surface area contributed by atoms with Gasteiger partial charge < -0.3 is 5.48 Å². The standard InChI is InChI=1S/CH3.Ni.H2O.H2P/h1H3;;2*1H2/q;+1;;-1. The van der Waals surface area contributed by atoms with Gasteiger partial charge in [0.05, 0.1) is 0 Å². The maximum absolute atomic E-state index is 2.52. The van der Waals surface area contributed by atoms with Crippen molar-refractivity contribution < 1.29 is 19.5 Å². The van der Waals surface area contributed by atoms with Gasteiger partial charge in [0, 0.05) is 0 Å². The van der Waals surface area contributed by atoms with E-state index in [4.69, 9.17) is 0 Å². The topological polar surface area (TPSA) is 31.5 Å². The molecule has 0 aliphatic carbocycles. The fourth-order valence-corrected chi connectivity index (χ4v) is 0. The fraction of sp³-hybridized carbons (Fsp3) is 1.00. The van der Waals surface area contributed by atoms with Crippen LogP contribution in [0.5, 0.6) is 0 Å².